The summed E-state index contributed by atoms with van der Waals surface area (Å²) in [5.74, 6) is 0.721. The topological polar surface area (TPSA) is 70.8 Å². The summed E-state index contributed by atoms with van der Waals surface area (Å²) >= 11 is 0. The van der Waals surface area contributed by atoms with Gasteiger partial charge in [0.2, 0.25) is 0 Å². The minimum atomic E-state index is -4.47. The van der Waals surface area contributed by atoms with Crippen LogP contribution >= 0.6 is 0 Å². The van der Waals surface area contributed by atoms with Gasteiger partial charge in [-0.2, -0.15) is 13.2 Å². The standard InChI is InChI=1S/C20H16F3NO5/c1-26-16-8-5-13(9-18(16)27-2)17-10-15(24-29-17)11-28-19(25)12-3-6-14(7-4-12)20(21,22)23/h3-10H,11H2,1-2H3. The van der Waals surface area contributed by atoms with Crippen LogP contribution in [0.3, 0.4) is 0 Å². The summed E-state index contributed by atoms with van der Waals surface area (Å²) in [6.45, 7) is -0.198. The van der Waals surface area contributed by atoms with Crippen molar-refractivity contribution in [1.29, 1.82) is 0 Å². The number of carbonyl (C=O) groups excluding carboxylic acids is 1. The quantitative estimate of drug-likeness (QED) is 0.550. The molecule has 6 nitrogen and oxygen atoms in total. The van der Waals surface area contributed by atoms with Gasteiger partial charge in [-0.05, 0) is 42.5 Å². The van der Waals surface area contributed by atoms with Crippen LogP contribution in [0.15, 0.2) is 53.1 Å². The fourth-order valence-corrected chi connectivity index (χ4v) is 2.52. The van der Waals surface area contributed by atoms with Crippen molar-refractivity contribution >= 4 is 5.97 Å². The molecule has 0 aliphatic rings. The molecule has 2 aromatic carbocycles. The Labute approximate surface area is 163 Å². The maximum absolute atomic E-state index is 12.6. The lowest BCUT2D eigenvalue weighted by Gasteiger charge is -2.07. The Morgan fingerprint density at radius 1 is 1.00 bits per heavy atom. The molecule has 3 aromatic rings. The van der Waals surface area contributed by atoms with Crippen molar-refractivity contribution in [1.82, 2.24) is 5.16 Å². The molecule has 0 saturated heterocycles. The molecule has 0 spiro atoms. The van der Waals surface area contributed by atoms with Crippen LogP contribution in [0.4, 0.5) is 13.2 Å². The maximum atomic E-state index is 12.6. The van der Waals surface area contributed by atoms with Crippen LogP contribution in [0.5, 0.6) is 11.5 Å². The number of alkyl halides is 3. The van der Waals surface area contributed by atoms with E-state index in [4.69, 9.17) is 18.7 Å². The summed E-state index contributed by atoms with van der Waals surface area (Å²) in [5, 5.41) is 3.83. The molecule has 0 aliphatic carbocycles. The first-order valence-corrected chi connectivity index (χ1v) is 8.34. The largest absolute Gasteiger partial charge is 0.493 e. The number of esters is 1. The van der Waals surface area contributed by atoms with Crippen LogP contribution in [0.1, 0.15) is 21.6 Å². The van der Waals surface area contributed by atoms with Crippen molar-refractivity contribution in [3.05, 3.63) is 65.4 Å². The Hall–Kier alpha value is -3.49. The number of methoxy groups -OCH3 is 2. The van der Waals surface area contributed by atoms with E-state index >= 15 is 0 Å². The molecular formula is C20H16F3NO5. The average molecular weight is 407 g/mol. The number of aromatic nitrogens is 1. The fourth-order valence-electron chi connectivity index (χ4n) is 2.52. The van der Waals surface area contributed by atoms with Gasteiger partial charge in [-0.1, -0.05) is 5.16 Å². The van der Waals surface area contributed by atoms with E-state index in [1.54, 1.807) is 24.3 Å². The molecule has 0 N–H and O–H groups in total. The van der Waals surface area contributed by atoms with Gasteiger partial charge >= 0.3 is 12.1 Å². The molecule has 0 saturated carbocycles. The minimum absolute atomic E-state index is 0.00149. The van der Waals surface area contributed by atoms with Gasteiger partial charge in [0.15, 0.2) is 17.3 Å². The van der Waals surface area contributed by atoms with Gasteiger partial charge in [0, 0.05) is 11.6 Å². The van der Waals surface area contributed by atoms with Gasteiger partial charge in [0.05, 0.1) is 25.3 Å². The maximum Gasteiger partial charge on any atom is 0.416 e. The Kier molecular flexibility index (Phi) is 5.76. The van der Waals surface area contributed by atoms with Crippen molar-refractivity contribution in [2.24, 2.45) is 0 Å². The Bertz CT molecular complexity index is 996. The molecule has 3 rings (SSSR count). The lowest BCUT2D eigenvalue weighted by atomic mass is 10.1. The van der Waals surface area contributed by atoms with E-state index in [1.807, 2.05) is 0 Å². The zero-order chi connectivity index (χ0) is 21.0. The lowest BCUT2D eigenvalue weighted by Crippen LogP contribution is -2.08. The van der Waals surface area contributed by atoms with E-state index in [0.29, 0.717) is 28.5 Å². The molecule has 0 aliphatic heterocycles. The van der Waals surface area contributed by atoms with E-state index in [9.17, 15) is 18.0 Å². The Morgan fingerprint density at radius 3 is 2.31 bits per heavy atom. The smallest absolute Gasteiger partial charge is 0.416 e. The average Bonchev–Trinajstić information content (AvgIpc) is 3.20. The molecule has 29 heavy (non-hydrogen) atoms. The van der Waals surface area contributed by atoms with E-state index in [2.05, 4.69) is 5.16 Å². The molecular weight excluding hydrogens is 391 g/mol. The summed E-state index contributed by atoms with van der Waals surface area (Å²) in [6.07, 6.45) is -4.47. The molecule has 0 amide bonds. The Morgan fingerprint density at radius 2 is 1.69 bits per heavy atom. The molecule has 1 heterocycles. The highest BCUT2D eigenvalue weighted by atomic mass is 19.4. The number of carbonyl (C=O) groups is 1. The first-order chi connectivity index (χ1) is 13.8. The van der Waals surface area contributed by atoms with Crippen molar-refractivity contribution in [3.8, 4) is 22.8 Å². The zero-order valence-corrected chi connectivity index (χ0v) is 15.4. The number of hydrogen-bond donors (Lipinski definition) is 0. The van der Waals surface area contributed by atoms with Crippen LogP contribution in [-0.2, 0) is 17.5 Å². The summed E-state index contributed by atoms with van der Waals surface area (Å²) in [6, 6.07) is 10.5. The number of ether oxygens (including phenoxy) is 3. The van der Waals surface area contributed by atoms with Crippen molar-refractivity contribution in [3.63, 3.8) is 0 Å². The van der Waals surface area contributed by atoms with Gasteiger partial charge in [-0.15, -0.1) is 0 Å². The third kappa shape index (κ3) is 4.68. The summed E-state index contributed by atoms with van der Waals surface area (Å²) in [5.41, 5.74) is 0.178. The second-order valence-corrected chi connectivity index (χ2v) is 5.90. The molecule has 0 atom stereocenters. The molecule has 0 radical (unpaired) electrons. The predicted molar refractivity (Wildman–Crippen MR) is 95.6 cm³/mol. The third-order valence-electron chi connectivity index (χ3n) is 4.03. The molecule has 0 unspecified atom stereocenters. The second kappa shape index (κ2) is 8.26. The van der Waals surface area contributed by atoms with Crippen molar-refractivity contribution in [2.45, 2.75) is 12.8 Å². The van der Waals surface area contributed by atoms with Gasteiger partial charge in [-0.25, -0.2) is 4.79 Å². The summed E-state index contributed by atoms with van der Waals surface area (Å²) in [7, 11) is 3.03. The van der Waals surface area contributed by atoms with Crippen LogP contribution in [0.2, 0.25) is 0 Å². The predicted octanol–water partition coefficient (Wildman–Crippen LogP) is 4.73. The fraction of sp³-hybridized carbons (Fsp3) is 0.200. The highest BCUT2D eigenvalue weighted by Crippen LogP contribution is 2.32. The minimum Gasteiger partial charge on any atom is -0.493 e. The van der Waals surface area contributed by atoms with E-state index in [1.165, 1.54) is 14.2 Å². The lowest BCUT2D eigenvalue weighted by molar-refractivity contribution is -0.137. The van der Waals surface area contributed by atoms with E-state index < -0.39 is 17.7 Å². The highest BCUT2D eigenvalue weighted by Gasteiger charge is 2.30. The highest BCUT2D eigenvalue weighted by molar-refractivity contribution is 5.89. The van der Waals surface area contributed by atoms with Crippen LogP contribution in [-0.4, -0.2) is 25.3 Å². The van der Waals surface area contributed by atoms with Gasteiger partial charge in [-0.3, -0.25) is 0 Å². The van der Waals surface area contributed by atoms with Gasteiger partial charge in [0.25, 0.3) is 0 Å². The van der Waals surface area contributed by atoms with E-state index in [-0.39, 0.29) is 12.2 Å². The Balaban J connectivity index is 1.65. The number of hydrogen-bond acceptors (Lipinski definition) is 6. The number of benzene rings is 2. The summed E-state index contributed by atoms with van der Waals surface area (Å²) < 4.78 is 58.5. The monoisotopic (exact) mass is 407 g/mol. The molecule has 0 bridgehead atoms. The molecule has 152 valence electrons. The van der Waals surface area contributed by atoms with Crippen LogP contribution in [0.25, 0.3) is 11.3 Å². The summed E-state index contributed by atoms with van der Waals surface area (Å²) in [4.78, 5) is 12.0. The first kappa shape index (κ1) is 20.2. The third-order valence-corrected chi connectivity index (χ3v) is 4.03. The number of halogens is 3. The van der Waals surface area contributed by atoms with Gasteiger partial charge < -0.3 is 18.7 Å². The normalized spacial score (nSPS) is 11.2. The van der Waals surface area contributed by atoms with Gasteiger partial charge in [0.1, 0.15) is 12.3 Å². The number of rotatable bonds is 6. The van der Waals surface area contributed by atoms with Crippen molar-refractivity contribution < 1.29 is 36.7 Å². The molecule has 9 heteroatoms. The van der Waals surface area contributed by atoms with Crippen LogP contribution in [0, 0.1) is 0 Å². The van der Waals surface area contributed by atoms with Crippen LogP contribution < -0.4 is 9.47 Å². The van der Waals surface area contributed by atoms with Crippen molar-refractivity contribution in [2.75, 3.05) is 14.2 Å². The SMILES string of the molecule is COc1ccc(-c2cc(COC(=O)c3ccc(C(F)(F)F)cc3)no2)cc1OC. The second-order valence-electron chi connectivity index (χ2n) is 5.90. The molecule has 0 fully saturated rings. The zero-order valence-electron chi connectivity index (χ0n) is 15.4. The number of nitrogens with zero attached hydrogens (tertiary/aromatic N) is 1. The molecule has 1 aromatic heterocycles. The first-order valence-electron chi connectivity index (χ1n) is 8.34. The van der Waals surface area contributed by atoms with E-state index in [0.717, 1.165) is 24.3 Å².